The fourth-order valence-corrected chi connectivity index (χ4v) is 6.64. The van der Waals surface area contributed by atoms with Gasteiger partial charge in [0.1, 0.15) is 0 Å². The molecule has 1 aliphatic rings. The minimum absolute atomic E-state index is 0.494. The van der Waals surface area contributed by atoms with E-state index in [1.807, 2.05) is 0 Å². The number of allylic oxidation sites excluding steroid dienone is 1. The van der Waals surface area contributed by atoms with Crippen molar-refractivity contribution < 1.29 is 0 Å². The molecule has 3 heteroatoms. The van der Waals surface area contributed by atoms with Crippen molar-refractivity contribution in [2.45, 2.75) is 109 Å². The van der Waals surface area contributed by atoms with Crippen LogP contribution in [0.25, 0.3) is 0 Å². The summed E-state index contributed by atoms with van der Waals surface area (Å²) in [7, 11) is 2.24. The van der Waals surface area contributed by atoms with Gasteiger partial charge in [-0.05, 0) is 55.6 Å². The van der Waals surface area contributed by atoms with Gasteiger partial charge in [-0.3, -0.25) is 0 Å². The number of thioether (sulfide) groups is 2. The lowest BCUT2D eigenvalue weighted by atomic mass is 9.83. The van der Waals surface area contributed by atoms with Crippen LogP contribution in [0, 0.1) is 11.3 Å². The van der Waals surface area contributed by atoms with E-state index < -0.39 is 0 Å². The molecule has 0 spiro atoms. The van der Waals surface area contributed by atoms with Crippen LogP contribution >= 0.6 is 23.5 Å². The van der Waals surface area contributed by atoms with Gasteiger partial charge < -0.3 is 4.90 Å². The van der Waals surface area contributed by atoms with Gasteiger partial charge in [0, 0.05) is 35.0 Å². The third-order valence-corrected chi connectivity index (χ3v) is 9.80. The summed E-state index contributed by atoms with van der Waals surface area (Å²) in [5.74, 6) is 2.10. The van der Waals surface area contributed by atoms with Crippen LogP contribution in [-0.4, -0.2) is 40.0 Å². The molecule has 0 aromatic carbocycles. The molecule has 1 rings (SSSR count). The highest BCUT2D eigenvalue weighted by molar-refractivity contribution is 8.04. The first kappa shape index (κ1) is 25.3. The lowest BCUT2D eigenvalue weighted by molar-refractivity contribution is 0.258. The molecule has 160 valence electrons. The third-order valence-electron chi connectivity index (χ3n) is 6.53. The van der Waals surface area contributed by atoms with Crippen molar-refractivity contribution in [3.05, 3.63) is 12.3 Å². The van der Waals surface area contributed by atoms with Crippen LogP contribution in [0.5, 0.6) is 0 Å². The molecule has 1 saturated heterocycles. The van der Waals surface area contributed by atoms with Gasteiger partial charge in [0.25, 0.3) is 0 Å². The Balaban J connectivity index is 2.20. The second kappa shape index (κ2) is 12.7. The van der Waals surface area contributed by atoms with E-state index >= 15 is 0 Å². The first-order chi connectivity index (χ1) is 12.6. The van der Waals surface area contributed by atoms with Crippen LogP contribution in [0.3, 0.4) is 0 Å². The molecule has 0 amide bonds. The largest absolute Gasteiger partial charge is 0.378 e. The highest BCUT2D eigenvalue weighted by Gasteiger charge is 2.23. The molecule has 1 nitrogen and oxygen atoms in total. The van der Waals surface area contributed by atoms with Gasteiger partial charge in [-0.1, -0.05) is 61.0 Å². The van der Waals surface area contributed by atoms with Crippen LogP contribution in [-0.2, 0) is 0 Å². The van der Waals surface area contributed by atoms with Crippen molar-refractivity contribution in [3.63, 3.8) is 0 Å². The molecule has 0 aromatic heterocycles. The molecule has 0 radical (unpaired) electrons. The summed E-state index contributed by atoms with van der Waals surface area (Å²) in [6.07, 6.45) is 10.6. The molecule has 4 unspecified atom stereocenters. The van der Waals surface area contributed by atoms with E-state index in [2.05, 4.69) is 83.6 Å². The monoisotopic (exact) mass is 413 g/mol. The van der Waals surface area contributed by atoms with Crippen molar-refractivity contribution in [2.24, 2.45) is 11.3 Å². The first-order valence-corrected chi connectivity index (χ1v) is 13.3. The quantitative estimate of drug-likeness (QED) is 0.300. The first-order valence-electron chi connectivity index (χ1n) is 11.3. The second-order valence-electron chi connectivity index (χ2n) is 9.68. The van der Waals surface area contributed by atoms with Crippen molar-refractivity contribution in [1.82, 2.24) is 4.90 Å². The molecule has 4 atom stereocenters. The molecular weight excluding hydrogens is 366 g/mol. The summed E-state index contributed by atoms with van der Waals surface area (Å²) in [6.45, 7) is 19.9. The lowest BCUT2D eigenvalue weighted by Gasteiger charge is -2.28. The standard InChI is InChI=1S/C24H47NS2/c1-9-24(6,7)16-14-19(2)18-25(8)20(3)12-10-11-13-23-15-17-26-21(4)22(5)27-23/h19,21-23H,3,9-18H2,1-2,4-8H3. The SMILES string of the molecule is C=C(CCCCC1CCSC(C)C(C)S1)N(C)CC(C)CCC(C)(C)CC. The number of nitrogens with zero attached hydrogens (tertiary/aromatic N) is 1. The summed E-state index contributed by atoms with van der Waals surface area (Å²) in [6, 6.07) is 0. The summed E-state index contributed by atoms with van der Waals surface area (Å²) in [5.41, 5.74) is 1.83. The van der Waals surface area contributed by atoms with Gasteiger partial charge in [0.05, 0.1) is 0 Å². The highest BCUT2D eigenvalue weighted by atomic mass is 32.2. The molecule has 1 fully saturated rings. The highest BCUT2D eigenvalue weighted by Crippen LogP contribution is 2.36. The zero-order valence-electron chi connectivity index (χ0n) is 19.4. The summed E-state index contributed by atoms with van der Waals surface area (Å²) in [4.78, 5) is 2.42. The Morgan fingerprint density at radius 1 is 1.22 bits per heavy atom. The number of rotatable bonds is 12. The Kier molecular flexibility index (Phi) is 11.9. The molecule has 0 aromatic rings. The maximum atomic E-state index is 4.37. The fourth-order valence-electron chi connectivity index (χ4n) is 3.61. The van der Waals surface area contributed by atoms with E-state index in [-0.39, 0.29) is 0 Å². The molecule has 0 aliphatic carbocycles. The van der Waals surface area contributed by atoms with Gasteiger partial charge in [0.15, 0.2) is 0 Å². The van der Waals surface area contributed by atoms with Crippen LogP contribution < -0.4 is 0 Å². The predicted molar refractivity (Wildman–Crippen MR) is 130 cm³/mol. The molecule has 1 heterocycles. The lowest BCUT2D eigenvalue weighted by Crippen LogP contribution is -2.24. The van der Waals surface area contributed by atoms with Crippen LogP contribution in [0.15, 0.2) is 12.3 Å². The minimum atomic E-state index is 0.494. The number of hydrogen-bond donors (Lipinski definition) is 0. The van der Waals surface area contributed by atoms with E-state index in [0.29, 0.717) is 5.41 Å². The summed E-state index contributed by atoms with van der Waals surface area (Å²) in [5, 5.41) is 2.51. The van der Waals surface area contributed by atoms with Crippen LogP contribution in [0.4, 0.5) is 0 Å². The van der Waals surface area contributed by atoms with Crippen molar-refractivity contribution in [1.29, 1.82) is 0 Å². The Bertz CT molecular complexity index is 421. The van der Waals surface area contributed by atoms with Gasteiger partial charge >= 0.3 is 0 Å². The van der Waals surface area contributed by atoms with Crippen molar-refractivity contribution in [2.75, 3.05) is 19.3 Å². The Morgan fingerprint density at radius 3 is 2.59 bits per heavy atom. The van der Waals surface area contributed by atoms with E-state index in [1.54, 1.807) is 0 Å². The van der Waals surface area contributed by atoms with Crippen LogP contribution in [0.2, 0.25) is 0 Å². The van der Waals surface area contributed by atoms with Crippen molar-refractivity contribution >= 4 is 23.5 Å². The molecular formula is C24H47NS2. The smallest absolute Gasteiger partial charge is 0.0197 e. The summed E-state index contributed by atoms with van der Waals surface area (Å²) >= 11 is 4.41. The van der Waals surface area contributed by atoms with Gasteiger partial charge in [-0.2, -0.15) is 23.5 Å². The van der Waals surface area contributed by atoms with Gasteiger partial charge in [-0.25, -0.2) is 0 Å². The van der Waals surface area contributed by atoms with E-state index in [9.17, 15) is 0 Å². The van der Waals surface area contributed by atoms with E-state index in [1.165, 1.54) is 62.8 Å². The molecule has 1 aliphatic heterocycles. The normalized spacial score (nSPS) is 25.1. The molecule has 27 heavy (non-hydrogen) atoms. The average molecular weight is 414 g/mol. The predicted octanol–water partition coefficient (Wildman–Crippen LogP) is 7.86. The zero-order valence-corrected chi connectivity index (χ0v) is 21.0. The van der Waals surface area contributed by atoms with Crippen molar-refractivity contribution in [3.8, 4) is 0 Å². The molecule has 0 saturated carbocycles. The maximum Gasteiger partial charge on any atom is 0.0197 e. The number of unbranched alkanes of at least 4 members (excludes halogenated alkanes) is 1. The van der Waals surface area contributed by atoms with Gasteiger partial charge in [-0.15, -0.1) is 0 Å². The zero-order chi connectivity index (χ0) is 20.4. The Morgan fingerprint density at radius 2 is 1.93 bits per heavy atom. The minimum Gasteiger partial charge on any atom is -0.378 e. The maximum absolute atomic E-state index is 4.37. The number of hydrogen-bond acceptors (Lipinski definition) is 3. The molecule has 0 N–H and O–H groups in total. The third kappa shape index (κ3) is 10.5. The van der Waals surface area contributed by atoms with E-state index in [4.69, 9.17) is 0 Å². The fraction of sp³-hybridized carbons (Fsp3) is 0.917. The van der Waals surface area contributed by atoms with Crippen LogP contribution in [0.1, 0.15) is 92.9 Å². The molecule has 0 bridgehead atoms. The van der Waals surface area contributed by atoms with E-state index in [0.717, 1.165) is 28.2 Å². The average Bonchev–Trinajstić information content (AvgIpc) is 2.78. The summed E-state index contributed by atoms with van der Waals surface area (Å²) < 4.78 is 0. The Hall–Kier alpha value is 0.240. The second-order valence-corrected chi connectivity index (χ2v) is 12.8. The topological polar surface area (TPSA) is 3.24 Å². The Labute approximate surface area is 179 Å². The van der Waals surface area contributed by atoms with Gasteiger partial charge in [0.2, 0.25) is 0 Å².